The molecule has 148 valence electrons. The number of fused-ring (bicyclic) bond motifs is 1. The molecule has 0 atom stereocenters. The summed E-state index contributed by atoms with van der Waals surface area (Å²) in [7, 11) is -3.55. The molecule has 2 aromatic rings. The van der Waals surface area contributed by atoms with E-state index < -0.39 is 15.6 Å². The molecule has 1 aliphatic heterocycles. The van der Waals surface area contributed by atoms with Crippen molar-refractivity contribution in [1.82, 2.24) is 9.21 Å². The summed E-state index contributed by atoms with van der Waals surface area (Å²) >= 11 is 0. The number of nitrogens with zero attached hydrogens (tertiary/aromatic N) is 2. The first-order valence-corrected chi connectivity index (χ1v) is 11.0. The van der Waals surface area contributed by atoms with Crippen molar-refractivity contribution >= 4 is 15.9 Å². The molecule has 1 fully saturated rings. The van der Waals surface area contributed by atoms with Crippen LogP contribution in [0.25, 0.3) is 0 Å². The molecule has 0 radical (unpaired) electrons. The number of benzene rings is 2. The van der Waals surface area contributed by atoms with E-state index in [1.54, 1.807) is 35.2 Å². The van der Waals surface area contributed by atoms with Crippen LogP contribution in [-0.4, -0.2) is 55.2 Å². The van der Waals surface area contributed by atoms with Crippen LogP contribution in [-0.2, 0) is 27.7 Å². The monoisotopic (exact) mass is 399 g/mol. The molecule has 0 unspecified atom stereocenters. The molecule has 0 spiro atoms. The number of carbonyl (C=O) groups is 1. The zero-order valence-electron chi connectivity index (χ0n) is 15.8. The molecule has 1 saturated heterocycles. The summed E-state index contributed by atoms with van der Waals surface area (Å²) in [4.78, 5) is 15.2. The zero-order chi connectivity index (χ0) is 19.8. The first-order chi connectivity index (χ1) is 13.4. The molecule has 0 bridgehead atoms. The Morgan fingerprint density at radius 3 is 2.11 bits per heavy atom. The molecule has 7 heteroatoms. The molecule has 2 N–H and O–H groups in total. The minimum absolute atomic E-state index is 0.0809. The molecular weight excluding hydrogens is 374 g/mol. The average molecular weight is 400 g/mol. The van der Waals surface area contributed by atoms with Crippen LogP contribution in [0.1, 0.15) is 17.5 Å². The number of nitrogens with two attached hydrogens (primary N) is 1. The normalized spacial score (nSPS) is 19.8. The predicted octanol–water partition coefficient (Wildman–Crippen LogP) is 1.41. The number of sulfonamides is 1. The lowest BCUT2D eigenvalue weighted by Crippen LogP contribution is -2.56. The van der Waals surface area contributed by atoms with Gasteiger partial charge in [-0.3, -0.25) is 4.79 Å². The molecule has 0 saturated carbocycles. The Morgan fingerprint density at radius 2 is 1.46 bits per heavy atom. The highest BCUT2D eigenvalue weighted by molar-refractivity contribution is 7.89. The summed E-state index contributed by atoms with van der Waals surface area (Å²) in [5.41, 5.74) is 7.84. The van der Waals surface area contributed by atoms with Crippen LogP contribution < -0.4 is 5.73 Å². The molecule has 2 aliphatic rings. The van der Waals surface area contributed by atoms with Crippen molar-refractivity contribution < 1.29 is 13.2 Å². The van der Waals surface area contributed by atoms with Gasteiger partial charge in [-0.2, -0.15) is 4.31 Å². The fourth-order valence-electron chi connectivity index (χ4n) is 4.19. The molecule has 1 aliphatic carbocycles. The van der Waals surface area contributed by atoms with Gasteiger partial charge in [-0.05, 0) is 42.5 Å². The van der Waals surface area contributed by atoms with Gasteiger partial charge in [-0.1, -0.05) is 42.5 Å². The van der Waals surface area contributed by atoms with Gasteiger partial charge in [-0.25, -0.2) is 8.42 Å². The van der Waals surface area contributed by atoms with Gasteiger partial charge >= 0.3 is 0 Å². The van der Waals surface area contributed by atoms with E-state index in [0.717, 1.165) is 11.1 Å². The number of hydrogen-bond donors (Lipinski definition) is 1. The second-order valence-corrected chi connectivity index (χ2v) is 9.58. The first-order valence-electron chi connectivity index (χ1n) is 9.60. The van der Waals surface area contributed by atoms with Gasteiger partial charge < -0.3 is 10.6 Å². The van der Waals surface area contributed by atoms with Crippen LogP contribution >= 0.6 is 0 Å². The standard InChI is InChI=1S/C21H25N3O3S/c22-21(15-17-7-4-5-8-18(17)16-21)20(25)23-11-6-12-24(14-13-23)28(26,27)19-9-2-1-3-10-19/h1-5,7-10H,6,11-16,22H2. The highest BCUT2D eigenvalue weighted by Gasteiger charge is 2.43. The van der Waals surface area contributed by atoms with Crippen LogP contribution in [0.5, 0.6) is 0 Å². The molecule has 2 aromatic carbocycles. The van der Waals surface area contributed by atoms with Gasteiger partial charge in [0.25, 0.3) is 0 Å². The molecule has 6 nitrogen and oxygen atoms in total. The zero-order valence-corrected chi connectivity index (χ0v) is 16.6. The lowest BCUT2D eigenvalue weighted by atomic mass is 9.95. The summed E-state index contributed by atoms with van der Waals surface area (Å²) in [6.07, 6.45) is 1.66. The van der Waals surface area contributed by atoms with Crippen molar-refractivity contribution in [3.8, 4) is 0 Å². The highest BCUT2D eigenvalue weighted by Crippen LogP contribution is 2.30. The fourth-order valence-corrected chi connectivity index (χ4v) is 5.68. The van der Waals surface area contributed by atoms with E-state index in [-0.39, 0.29) is 17.3 Å². The van der Waals surface area contributed by atoms with E-state index in [1.807, 2.05) is 24.3 Å². The Balaban J connectivity index is 1.47. The largest absolute Gasteiger partial charge is 0.340 e. The van der Waals surface area contributed by atoms with Gasteiger partial charge in [0, 0.05) is 26.2 Å². The molecular formula is C21H25N3O3S. The van der Waals surface area contributed by atoms with E-state index in [1.165, 1.54) is 4.31 Å². The van der Waals surface area contributed by atoms with Gasteiger partial charge in [0.05, 0.1) is 4.90 Å². The minimum atomic E-state index is -3.55. The van der Waals surface area contributed by atoms with E-state index >= 15 is 0 Å². The first kappa shape index (κ1) is 19.1. The smallest absolute Gasteiger partial charge is 0.243 e. The Morgan fingerprint density at radius 1 is 0.857 bits per heavy atom. The summed E-state index contributed by atoms with van der Waals surface area (Å²) in [5.74, 6) is -0.0809. The second-order valence-electron chi connectivity index (χ2n) is 7.64. The van der Waals surface area contributed by atoms with Crippen LogP contribution in [0.2, 0.25) is 0 Å². The lowest BCUT2D eigenvalue weighted by Gasteiger charge is -2.30. The van der Waals surface area contributed by atoms with Gasteiger partial charge in [0.2, 0.25) is 15.9 Å². The van der Waals surface area contributed by atoms with Gasteiger partial charge in [-0.15, -0.1) is 0 Å². The van der Waals surface area contributed by atoms with E-state index in [4.69, 9.17) is 5.73 Å². The summed E-state index contributed by atoms with van der Waals surface area (Å²) < 4.78 is 27.2. The summed E-state index contributed by atoms with van der Waals surface area (Å²) in [6, 6.07) is 16.4. The van der Waals surface area contributed by atoms with E-state index in [9.17, 15) is 13.2 Å². The third-order valence-corrected chi connectivity index (χ3v) is 7.59. The van der Waals surface area contributed by atoms with Crippen molar-refractivity contribution in [1.29, 1.82) is 0 Å². The predicted molar refractivity (Wildman–Crippen MR) is 107 cm³/mol. The second kappa shape index (κ2) is 7.31. The quantitative estimate of drug-likeness (QED) is 0.846. The molecule has 28 heavy (non-hydrogen) atoms. The molecule has 4 rings (SSSR count). The van der Waals surface area contributed by atoms with Crippen LogP contribution in [0.15, 0.2) is 59.5 Å². The third kappa shape index (κ3) is 3.45. The Kier molecular flexibility index (Phi) is 4.99. The summed E-state index contributed by atoms with van der Waals surface area (Å²) in [5, 5.41) is 0. The van der Waals surface area contributed by atoms with Crippen LogP contribution in [0.3, 0.4) is 0 Å². The minimum Gasteiger partial charge on any atom is -0.340 e. The number of hydrogen-bond acceptors (Lipinski definition) is 4. The topological polar surface area (TPSA) is 83.7 Å². The maximum Gasteiger partial charge on any atom is 0.243 e. The molecule has 1 amide bonds. The van der Waals surface area contributed by atoms with Crippen LogP contribution in [0.4, 0.5) is 0 Å². The average Bonchev–Trinajstić information content (AvgIpc) is 2.88. The Labute approximate surface area is 166 Å². The van der Waals surface area contributed by atoms with Crippen molar-refractivity contribution in [2.75, 3.05) is 26.2 Å². The number of carbonyl (C=O) groups excluding carboxylic acids is 1. The number of rotatable bonds is 3. The molecule has 0 aromatic heterocycles. The maximum absolute atomic E-state index is 13.2. The van der Waals surface area contributed by atoms with Gasteiger partial charge in [0.1, 0.15) is 5.54 Å². The number of amides is 1. The SMILES string of the molecule is NC1(C(=O)N2CCCN(S(=O)(=O)c3ccccc3)CC2)Cc2ccccc2C1. The van der Waals surface area contributed by atoms with Gasteiger partial charge in [0.15, 0.2) is 0 Å². The third-order valence-electron chi connectivity index (χ3n) is 5.68. The van der Waals surface area contributed by atoms with Crippen molar-refractivity contribution in [2.45, 2.75) is 29.7 Å². The lowest BCUT2D eigenvalue weighted by molar-refractivity contribution is -0.136. The highest BCUT2D eigenvalue weighted by atomic mass is 32.2. The molecule has 1 heterocycles. The fraction of sp³-hybridized carbons (Fsp3) is 0.381. The van der Waals surface area contributed by atoms with Crippen molar-refractivity contribution in [3.05, 3.63) is 65.7 Å². The maximum atomic E-state index is 13.2. The van der Waals surface area contributed by atoms with Crippen molar-refractivity contribution in [2.24, 2.45) is 5.73 Å². The summed E-state index contributed by atoms with van der Waals surface area (Å²) in [6.45, 7) is 1.57. The van der Waals surface area contributed by atoms with E-state index in [0.29, 0.717) is 38.9 Å². The van der Waals surface area contributed by atoms with Crippen LogP contribution in [0, 0.1) is 0 Å². The Bertz CT molecular complexity index is 950. The van der Waals surface area contributed by atoms with Crippen molar-refractivity contribution in [3.63, 3.8) is 0 Å². The van der Waals surface area contributed by atoms with E-state index in [2.05, 4.69) is 0 Å². The Hall–Kier alpha value is -2.22.